The van der Waals surface area contributed by atoms with E-state index < -0.39 is 0 Å². The highest BCUT2D eigenvalue weighted by Gasteiger charge is 2.20. The zero-order chi connectivity index (χ0) is 16.4. The minimum Gasteiger partial charge on any atom is -0.383 e. The molecule has 0 spiro atoms. The summed E-state index contributed by atoms with van der Waals surface area (Å²) in [5, 5.41) is 5.91. The summed E-state index contributed by atoms with van der Waals surface area (Å²) in [4.78, 5) is 20.6. The molecule has 0 aromatic heterocycles. The van der Waals surface area contributed by atoms with Gasteiger partial charge in [0, 0.05) is 53.4 Å². The molecule has 1 aliphatic heterocycles. The molecule has 1 aliphatic rings. The van der Waals surface area contributed by atoms with Gasteiger partial charge in [0.15, 0.2) is 5.96 Å². The van der Waals surface area contributed by atoms with Crippen LogP contribution in [0.15, 0.2) is 4.99 Å². The van der Waals surface area contributed by atoms with E-state index >= 15 is 0 Å². The Morgan fingerprint density at radius 2 is 1.91 bits per heavy atom. The molecule has 7 nitrogen and oxygen atoms in total. The SMILES string of the molecule is CN=C(NCC(=O)NCCOC)N1CCN(CC(C)C)CC1. The lowest BCUT2D eigenvalue weighted by atomic mass is 10.2. The maximum atomic E-state index is 11.7. The normalized spacial score (nSPS) is 17.0. The van der Waals surface area contributed by atoms with Crippen molar-refractivity contribution in [3.63, 3.8) is 0 Å². The van der Waals surface area contributed by atoms with Crippen LogP contribution in [-0.4, -0.2) is 88.2 Å². The summed E-state index contributed by atoms with van der Waals surface area (Å²) in [6, 6.07) is 0. The van der Waals surface area contributed by atoms with Crippen LogP contribution in [0.5, 0.6) is 0 Å². The highest BCUT2D eigenvalue weighted by molar-refractivity contribution is 5.86. The van der Waals surface area contributed by atoms with E-state index in [9.17, 15) is 4.79 Å². The van der Waals surface area contributed by atoms with Crippen LogP contribution in [0, 0.1) is 5.92 Å². The maximum Gasteiger partial charge on any atom is 0.239 e. The molecule has 0 saturated carbocycles. The first-order chi connectivity index (χ1) is 10.6. The van der Waals surface area contributed by atoms with Crippen molar-refractivity contribution in [1.29, 1.82) is 0 Å². The van der Waals surface area contributed by atoms with Crippen LogP contribution < -0.4 is 10.6 Å². The summed E-state index contributed by atoms with van der Waals surface area (Å²) in [7, 11) is 3.37. The second kappa shape index (κ2) is 10.4. The monoisotopic (exact) mass is 313 g/mol. The molecule has 1 saturated heterocycles. The Morgan fingerprint density at radius 1 is 1.23 bits per heavy atom. The van der Waals surface area contributed by atoms with Gasteiger partial charge in [-0.15, -0.1) is 0 Å². The number of carbonyl (C=O) groups excluding carboxylic acids is 1. The fraction of sp³-hybridized carbons (Fsp3) is 0.867. The van der Waals surface area contributed by atoms with Gasteiger partial charge in [-0.1, -0.05) is 13.8 Å². The predicted molar refractivity (Wildman–Crippen MR) is 89.1 cm³/mol. The molecule has 0 bridgehead atoms. The Morgan fingerprint density at radius 3 is 2.45 bits per heavy atom. The van der Waals surface area contributed by atoms with E-state index in [4.69, 9.17) is 4.74 Å². The summed E-state index contributed by atoms with van der Waals surface area (Å²) >= 11 is 0. The lowest BCUT2D eigenvalue weighted by molar-refractivity contribution is -0.120. The van der Waals surface area contributed by atoms with E-state index in [0.29, 0.717) is 19.1 Å². The first-order valence-electron chi connectivity index (χ1n) is 8.00. The zero-order valence-electron chi connectivity index (χ0n) is 14.4. The van der Waals surface area contributed by atoms with Crippen molar-refractivity contribution in [3.8, 4) is 0 Å². The zero-order valence-corrected chi connectivity index (χ0v) is 14.4. The minimum atomic E-state index is -0.0448. The number of guanidine groups is 1. The number of carbonyl (C=O) groups is 1. The number of rotatable bonds is 7. The maximum absolute atomic E-state index is 11.7. The van der Waals surface area contributed by atoms with E-state index in [1.807, 2.05) is 0 Å². The average Bonchev–Trinajstić information content (AvgIpc) is 2.49. The Labute approximate surface area is 134 Å². The number of piperazine rings is 1. The Hall–Kier alpha value is -1.34. The smallest absolute Gasteiger partial charge is 0.239 e. The molecule has 128 valence electrons. The highest BCUT2D eigenvalue weighted by Crippen LogP contribution is 2.05. The Kier molecular flexibility index (Phi) is 8.84. The lowest BCUT2D eigenvalue weighted by Crippen LogP contribution is -2.54. The molecule has 1 rings (SSSR count). The lowest BCUT2D eigenvalue weighted by Gasteiger charge is -2.37. The van der Waals surface area contributed by atoms with E-state index in [-0.39, 0.29) is 12.5 Å². The van der Waals surface area contributed by atoms with Gasteiger partial charge in [0.25, 0.3) is 0 Å². The summed E-state index contributed by atoms with van der Waals surface area (Å²) in [6.07, 6.45) is 0. The molecule has 1 heterocycles. The third-order valence-corrected chi connectivity index (χ3v) is 3.54. The topological polar surface area (TPSA) is 69.2 Å². The first kappa shape index (κ1) is 18.7. The van der Waals surface area contributed by atoms with Gasteiger partial charge >= 0.3 is 0 Å². The molecular formula is C15H31N5O2. The van der Waals surface area contributed by atoms with E-state index in [0.717, 1.165) is 38.7 Å². The van der Waals surface area contributed by atoms with Crippen molar-refractivity contribution >= 4 is 11.9 Å². The summed E-state index contributed by atoms with van der Waals surface area (Å²) < 4.78 is 4.90. The summed E-state index contributed by atoms with van der Waals surface area (Å²) in [5.41, 5.74) is 0. The summed E-state index contributed by atoms with van der Waals surface area (Å²) in [5.74, 6) is 1.45. The number of methoxy groups -OCH3 is 1. The number of nitrogens with zero attached hydrogens (tertiary/aromatic N) is 3. The molecule has 22 heavy (non-hydrogen) atoms. The van der Waals surface area contributed by atoms with Gasteiger partial charge < -0.3 is 20.3 Å². The van der Waals surface area contributed by atoms with Gasteiger partial charge in [0.05, 0.1) is 13.2 Å². The van der Waals surface area contributed by atoms with Gasteiger partial charge in [0.2, 0.25) is 5.91 Å². The van der Waals surface area contributed by atoms with E-state index in [1.54, 1.807) is 14.2 Å². The van der Waals surface area contributed by atoms with Crippen molar-refractivity contribution < 1.29 is 9.53 Å². The van der Waals surface area contributed by atoms with Crippen molar-refractivity contribution in [1.82, 2.24) is 20.4 Å². The molecule has 7 heteroatoms. The first-order valence-corrected chi connectivity index (χ1v) is 8.00. The van der Waals surface area contributed by atoms with Crippen molar-refractivity contribution in [2.24, 2.45) is 10.9 Å². The number of hydrogen-bond donors (Lipinski definition) is 2. The fourth-order valence-corrected chi connectivity index (χ4v) is 2.51. The molecule has 1 fully saturated rings. The molecule has 2 N–H and O–H groups in total. The number of nitrogens with one attached hydrogen (secondary N) is 2. The van der Waals surface area contributed by atoms with Crippen molar-refractivity contribution in [2.75, 3.05) is 66.6 Å². The highest BCUT2D eigenvalue weighted by atomic mass is 16.5. The molecule has 0 aliphatic carbocycles. The largest absolute Gasteiger partial charge is 0.383 e. The van der Waals surface area contributed by atoms with Crippen LogP contribution in [-0.2, 0) is 9.53 Å². The van der Waals surface area contributed by atoms with Gasteiger partial charge in [-0.25, -0.2) is 0 Å². The molecule has 0 atom stereocenters. The van der Waals surface area contributed by atoms with Gasteiger partial charge in [-0.05, 0) is 5.92 Å². The molecule has 1 amide bonds. The molecule has 0 aromatic rings. The van der Waals surface area contributed by atoms with Crippen LogP contribution >= 0.6 is 0 Å². The number of ether oxygens (including phenoxy) is 1. The van der Waals surface area contributed by atoms with Crippen LogP contribution in [0.2, 0.25) is 0 Å². The van der Waals surface area contributed by atoms with Gasteiger partial charge in [0.1, 0.15) is 0 Å². The van der Waals surface area contributed by atoms with E-state index in [2.05, 4.69) is 39.3 Å². The number of hydrogen-bond acceptors (Lipinski definition) is 4. The molecule has 0 aromatic carbocycles. The molecule has 0 radical (unpaired) electrons. The third-order valence-electron chi connectivity index (χ3n) is 3.54. The molecular weight excluding hydrogens is 282 g/mol. The van der Waals surface area contributed by atoms with E-state index in [1.165, 1.54) is 0 Å². The van der Waals surface area contributed by atoms with Crippen LogP contribution in [0.4, 0.5) is 0 Å². The van der Waals surface area contributed by atoms with Gasteiger partial charge in [-0.3, -0.25) is 14.7 Å². The van der Waals surface area contributed by atoms with Crippen molar-refractivity contribution in [3.05, 3.63) is 0 Å². The minimum absolute atomic E-state index is 0.0448. The molecule has 0 unspecified atom stereocenters. The van der Waals surface area contributed by atoms with Crippen LogP contribution in [0.25, 0.3) is 0 Å². The third kappa shape index (κ3) is 7.09. The second-order valence-electron chi connectivity index (χ2n) is 5.93. The quantitative estimate of drug-likeness (QED) is 0.380. The van der Waals surface area contributed by atoms with Crippen molar-refractivity contribution in [2.45, 2.75) is 13.8 Å². The fourth-order valence-electron chi connectivity index (χ4n) is 2.51. The predicted octanol–water partition coefficient (Wildman–Crippen LogP) is -0.402. The second-order valence-corrected chi connectivity index (χ2v) is 5.93. The van der Waals surface area contributed by atoms with Crippen LogP contribution in [0.1, 0.15) is 13.8 Å². The standard InChI is InChI=1S/C15H31N5O2/c1-13(2)12-19-6-8-20(9-7-19)15(16-3)18-11-14(21)17-5-10-22-4/h13H,5-12H2,1-4H3,(H,16,18)(H,17,21). The number of amides is 1. The Bertz CT molecular complexity index is 352. The average molecular weight is 313 g/mol. The number of aliphatic imine (C=N–C) groups is 1. The summed E-state index contributed by atoms with van der Waals surface area (Å²) in [6.45, 7) is 10.9. The Balaban J connectivity index is 2.29. The van der Waals surface area contributed by atoms with Crippen LogP contribution in [0.3, 0.4) is 0 Å². The van der Waals surface area contributed by atoms with Gasteiger partial charge in [-0.2, -0.15) is 0 Å².